The second-order valence-electron chi connectivity index (χ2n) is 4.31. The summed E-state index contributed by atoms with van der Waals surface area (Å²) in [6.45, 7) is 2.01. The molecular weight excluding hydrogens is 300 g/mol. The largest absolute Gasteiger partial charge is 0.506 e. The van der Waals surface area contributed by atoms with Gasteiger partial charge < -0.3 is 20.9 Å². The maximum absolute atomic E-state index is 12.1. The number of benzene rings is 1. The van der Waals surface area contributed by atoms with E-state index in [-0.39, 0.29) is 36.7 Å². The fraction of sp³-hybridized carbons (Fsp3) is 0.267. The quantitative estimate of drug-likeness (QED) is 0.410. The number of nitrogens with zero attached hydrogens (tertiary/aromatic N) is 2. The first-order valence-electron chi connectivity index (χ1n) is 6.88. The summed E-state index contributed by atoms with van der Waals surface area (Å²) in [5.74, 6) is -0.900. The fourth-order valence-corrected chi connectivity index (χ4v) is 1.62. The number of nitriles is 1. The van der Waals surface area contributed by atoms with Crippen LogP contribution in [0.3, 0.4) is 0 Å². The van der Waals surface area contributed by atoms with Crippen molar-refractivity contribution in [1.82, 2.24) is 4.90 Å². The van der Waals surface area contributed by atoms with Gasteiger partial charge in [-0.15, -0.1) is 0 Å². The first-order valence-corrected chi connectivity index (χ1v) is 6.88. The molecule has 0 unspecified atom stereocenters. The highest BCUT2D eigenvalue weighted by molar-refractivity contribution is 6.07. The van der Waals surface area contributed by atoms with Crippen LogP contribution in [0.2, 0.25) is 0 Å². The zero-order chi connectivity index (χ0) is 17.2. The Labute approximate surface area is 133 Å². The number of amides is 2. The summed E-state index contributed by atoms with van der Waals surface area (Å²) >= 11 is 0. The molecule has 0 spiro atoms. The summed E-state index contributed by atoms with van der Waals surface area (Å²) in [7, 11) is 0. The van der Waals surface area contributed by atoms with Gasteiger partial charge in [0, 0.05) is 19.3 Å². The van der Waals surface area contributed by atoms with Crippen LogP contribution < -0.4 is 11.1 Å². The molecule has 1 rings (SSSR count). The van der Waals surface area contributed by atoms with Crippen LogP contribution in [0.15, 0.2) is 36.0 Å². The molecular formula is C15H18N4O4. The molecule has 8 nitrogen and oxygen atoms in total. The van der Waals surface area contributed by atoms with Crippen molar-refractivity contribution in [3.8, 4) is 11.8 Å². The Balaban J connectivity index is 2.95. The molecule has 122 valence electrons. The number of nitrogens with one attached hydrogen (secondary N) is 1. The van der Waals surface area contributed by atoms with Gasteiger partial charge in [0.2, 0.25) is 0 Å². The predicted octanol–water partition coefficient (Wildman–Crippen LogP) is 1.16. The minimum Gasteiger partial charge on any atom is -0.506 e. The van der Waals surface area contributed by atoms with Crippen LogP contribution in [0.1, 0.15) is 6.92 Å². The van der Waals surface area contributed by atoms with E-state index in [0.29, 0.717) is 0 Å². The summed E-state index contributed by atoms with van der Waals surface area (Å²) < 4.78 is 4.82. The average molecular weight is 318 g/mol. The average Bonchev–Trinajstić information content (AvgIpc) is 2.53. The number of phenols is 1. The number of ether oxygens (including phenoxy) is 1. The van der Waals surface area contributed by atoms with E-state index < -0.39 is 12.0 Å². The highest BCUT2D eigenvalue weighted by Gasteiger charge is 2.17. The Morgan fingerprint density at radius 3 is 2.74 bits per heavy atom. The van der Waals surface area contributed by atoms with Crippen LogP contribution >= 0.6 is 0 Å². The van der Waals surface area contributed by atoms with Gasteiger partial charge in [0.15, 0.2) is 0 Å². The van der Waals surface area contributed by atoms with E-state index in [1.165, 1.54) is 12.1 Å². The Kier molecular flexibility index (Phi) is 7.10. The number of anilines is 1. The molecule has 23 heavy (non-hydrogen) atoms. The lowest BCUT2D eigenvalue weighted by molar-refractivity contribution is -0.112. The molecule has 0 heterocycles. The van der Waals surface area contributed by atoms with Crippen molar-refractivity contribution in [2.24, 2.45) is 5.73 Å². The summed E-state index contributed by atoms with van der Waals surface area (Å²) in [5, 5.41) is 21.1. The molecule has 0 fully saturated rings. The molecule has 1 aromatic carbocycles. The Hall–Kier alpha value is -3.05. The maximum Gasteiger partial charge on any atom is 0.413 e. The molecule has 1 aromatic rings. The van der Waals surface area contributed by atoms with Crippen molar-refractivity contribution in [3.05, 3.63) is 36.0 Å². The number of aromatic hydroxyl groups is 1. The topological polar surface area (TPSA) is 129 Å². The number of nitrogens with two attached hydrogens (primary N) is 1. The van der Waals surface area contributed by atoms with Crippen LogP contribution in [-0.4, -0.2) is 41.7 Å². The number of hydrogen-bond donors (Lipinski definition) is 3. The maximum atomic E-state index is 12.1. The van der Waals surface area contributed by atoms with Gasteiger partial charge in [0.1, 0.15) is 17.4 Å². The Morgan fingerprint density at radius 1 is 1.48 bits per heavy atom. The van der Waals surface area contributed by atoms with Gasteiger partial charge in [-0.05, 0) is 19.1 Å². The summed E-state index contributed by atoms with van der Waals surface area (Å²) in [5.41, 5.74) is 5.23. The molecule has 8 heteroatoms. The van der Waals surface area contributed by atoms with Gasteiger partial charge in [-0.25, -0.2) is 4.79 Å². The first kappa shape index (κ1) is 18.0. The third kappa shape index (κ3) is 5.33. The zero-order valence-electron chi connectivity index (χ0n) is 12.7. The Bertz CT molecular complexity index is 637. The van der Waals surface area contributed by atoms with Gasteiger partial charge in [-0.2, -0.15) is 5.26 Å². The van der Waals surface area contributed by atoms with Gasteiger partial charge in [0.05, 0.1) is 12.3 Å². The third-order valence-corrected chi connectivity index (χ3v) is 2.67. The lowest BCUT2D eigenvalue weighted by Gasteiger charge is -2.17. The van der Waals surface area contributed by atoms with Crippen molar-refractivity contribution in [2.45, 2.75) is 6.92 Å². The zero-order valence-corrected chi connectivity index (χ0v) is 12.7. The number of phenolic OH excluding ortho intramolecular Hbond substituents is 1. The summed E-state index contributed by atoms with van der Waals surface area (Å²) in [4.78, 5) is 24.9. The molecule has 0 aliphatic heterocycles. The van der Waals surface area contributed by atoms with E-state index in [0.717, 1.165) is 11.1 Å². The standard InChI is InChI=1S/C15H18N4O4/c1-2-23-15(22)19(8-7-16)10-11(9-17)14(21)18-12-5-3-4-6-13(12)20/h3-6,10,20H,2,7-8,16H2,1H3,(H,18,21)/b11-10-. The third-order valence-electron chi connectivity index (χ3n) is 2.67. The molecule has 0 atom stereocenters. The van der Waals surface area contributed by atoms with Crippen molar-refractivity contribution < 1.29 is 19.4 Å². The SMILES string of the molecule is CCOC(=O)N(/C=C(/C#N)C(=O)Nc1ccccc1O)CCN. The molecule has 0 bridgehead atoms. The number of para-hydroxylation sites is 2. The minimum absolute atomic E-state index is 0.0912. The molecule has 0 aliphatic carbocycles. The normalized spacial score (nSPS) is 10.6. The Morgan fingerprint density at radius 2 is 2.17 bits per heavy atom. The number of rotatable bonds is 6. The molecule has 4 N–H and O–H groups in total. The van der Waals surface area contributed by atoms with Crippen LogP contribution in [0.5, 0.6) is 5.75 Å². The highest BCUT2D eigenvalue weighted by Crippen LogP contribution is 2.22. The van der Waals surface area contributed by atoms with Crippen molar-refractivity contribution in [2.75, 3.05) is 25.0 Å². The number of carbonyl (C=O) groups excluding carboxylic acids is 2. The highest BCUT2D eigenvalue weighted by atomic mass is 16.6. The minimum atomic E-state index is -0.764. The van der Waals surface area contributed by atoms with Crippen LogP contribution in [0.25, 0.3) is 0 Å². The van der Waals surface area contributed by atoms with E-state index >= 15 is 0 Å². The summed E-state index contributed by atoms with van der Waals surface area (Å²) in [6.07, 6.45) is 0.362. The summed E-state index contributed by atoms with van der Waals surface area (Å²) in [6, 6.07) is 7.78. The van der Waals surface area contributed by atoms with Crippen LogP contribution in [-0.2, 0) is 9.53 Å². The lowest BCUT2D eigenvalue weighted by Crippen LogP contribution is -2.32. The van der Waals surface area contributed by atoms with Gasteiger partial charge >= 0.3 is 6.09 Å². The number of carbonyl (C=O) groups is 2. The smallest absolute Gasteiger partial charge is 0.413 e. The van der Waals surface area contributed by atoms with E-state index in [1.54, 1.807) is 25.1 Å². The molecule has 0 saturated carbocycles. The van der Waals surface area contributed by atoms with Gasteiger partial charge in [-0.3, -0.25) is 9.69 Å². The van der Waals surface area contributed by atoms with Gasteiger partial charge in [0.25, 0.3) is 5.91 Å². The monoisotopic (exact) mass is 318 g/mol. The molecule has 0 saturated heterocycles. The second-order valence-corrected chi connectivity index (χ2v) is 4.31. The molecule has 0 aromatic heterocycles. The number of hydrogen-bond acceptors (Lipinski definition) is 6. The van der Waals surface area contributed by atoms with Crippen molar-refractivity contribution in [3.63, 3.8) is 0 Å². The van der Waals surface area contributed by atoms with Crippen LogP contribution in [0.4, 0.5) is 10.5 Å². The first-order chi connectivity index (χ1) is 11.0. The lowest BCUT2D eigenvalue weighted by atomic mass is 10.2. The second kappa shape index (κ2) is 9.07. The van der Waals surface area contributed by atoms with Gasteiger partial charge in [-0.1, -0.05) is 12.1 Å². The van der Waals surface area contributed by atoms with Crippen molar-refractivity contribution in [1.29, 1.82) is 5.26 Å². The van der Waals surface area contributed by atoms with E-state index in [2.05, 4.69) is 5.32 Å². The van der Waals surface area contributed by atoms with E-state index in [9.17, 15) is 14.7 Å². The van der Waals surface area contributed by atoms with E-state index in [1.807, 2.05) is 0 Å². The van der Waals surface area contributed by atoms with Crippen LogP contribution in [0, 0.1) is 11.3 Å². The molecule has 2 amide bonds. The molecule has 0 radical (unpaired) electrons. The predicted molar refractivity (Wildman–Crippen MR) is 83.2 cm³/mol. The van der Waals surface area contributed by atoms with E-state index in [4.69, 9.17) is 15.7 Å². The van der Waals surface area contributed by atoms with Crippen molar-refractivity contribution >= 4 is 17.7 Å². The fourth-order valence-electron chi connectivity index (χ4n) is 1.62. The molecule has 0 aliphatic rings.